The number of methoxy groups -OCH3 is 1. The molecule has 1 aliphatic rings. The topological polar surface area (TPSA) is 67.9 Å². The van der Waals surface area contributed by atoms with Crippen LogP contribution in [0, 0.1) is 5.82 Å². The highest BCUT2D eigenvalue weighted by molar-refractivity contribution is 5.97. The Hall–Kier alpha value is -3.09. The molecule has 2 aromatic rings. The number of carbonyl (C=O) groups excluding carboxylic acids is 2. The van der Waals surface area contributed by atoms with Gasteiger partial charge in [0.2, 0.25) is 0 Å². The first-order chi connectivity index (χ1) is 14.0. The molecule has 3 rings (SSSR count). The van der Waals surface area contributed by atoms with Crippen LogP contribution in [0.25, 0.3) is 0 Å². The van der Waals surface area contributed by atoms with Crippen molar-refractivity contribution in [3.8, 4) is 11.5 Å². The number of piperidine rings is 1. The van der Waals surface area contributed by atoms with E-state index < -0.39 is 5.82 Å². The van der Waals surface area contributed by atoms with Gasteiger partial charge in [-0.1, -0.05) is 0 Å². The van der Waals surface area contributed by atoms with Crippen molar-refractivity contribution >= 4 is 11.8 Å². The number of ether oxygens (including phenoxy) is 2. The molecule has 0 bridgehead atoms. The van der Waals surface area contributed by atoms with Crippen LogP contribution in [0.15, 0.2) is 42.5 Å². The monoisotopic (exact) mass is 400 g/mol. The van der Waals surface area contributed by atoms with E-state index in [4.69, 9.17) is 9.47 Å². The average molecular weight is 400 g/mol. The minimum absolute atomic E-state index is 0.0374. The molecule has 0 aromatic heterocycles. The molecule has 0 aliphatic carbocycles. The Morgan fingerprint density at radius 2 is 1.83 bits per heavy atom. The molecule has 1 fully saturated rings. The van der Waals surface area contributed by atoms with Crippen molar-refractivity contribution in [2.45, 2.75) is 25.8 Å². The Morgan fingerprint density at radius 1 is 1.14 bits per heavy atom. The summed E-state index contributed by atoms with van der Waals surface area (Å²) in [5, 5.41) is 2.92. The Labute approximate surface area is 169 Å². The van der Waals surface area contributed by atoms with Gasteiger partial charge in [0.05, 0.1) is 19.3 Å². The maximum atomic E-state index is 13.5. The Bertz CT molecular complexity index is 862. The SMILES string of the molecule is CCOc1ccc(C(=O)N2CCC(NC(=O)c3cc(F)ccc3OC)CC2)cc1. The molecular weight excluding hydrogens is 375 g/mol. The molecule has 0 atom stereocenters. The number of rotatable bonds is 6. The van der Waals surface area contributed by atoms with Crippen LogP contribution in [0.1, 0.15) is 40.5 Å². The number of amides is 2. The van der Waals surface area contributed by atoms with E-state index in [-0.39, 0.29) is 23.4 Å². The van der Waals surface area contributed by atoms with Gasteiger partial charge < -0.3 is 19.7 Å². The van der Waals surface area contributed by atoms with Crippen LogP contribution in [0.4, 0.5) is 4.39 Å². The molecule has 0 unspecified atom stereocenters. The summed E-state index contributed by atoms with van der Waals surface area (Å²) in [6.07, 6.45) is 1.26. The third-order valence-corrected chi connectivity index (χ3v) is 4.94. The maximum absolute atomic E-state index is 13.5. The van der Waals surface area contributed by atoms with Crippen LogP contribution in [0.2, 0.25) is 0 Å². The quantitative estimate of drug-likeness (QED) is 0.808. The Kier molecular flexibility index (Phi) is 6.69. The summed E-state index contributed by atoms with van der Waals surface area (Å²) in [5.41, 5.74) is 0.779. The van der Waals surface area contributed by atoms with Crippen LogP contribution < -0.4 is 14.8 Å². The van der Waals surface area contributed by atoms with Crippen molar-refractivity contribution < 1.29 is 23.5 Å². The third kappa shape index (κ3) is 5.04. The van der Waals surface area contributed by atoms with Crippen molar-refractivity contribution in [3.63, 3.8) is 0 Å². The first-order valence-corrected chi connectivity index (χ1v) is 9.68. The minimum atomic E-state index is -0.494. The lowest BCUT2D eigenvalue weighted by atomic mass is 10.0. The fraction of sp³-hybridized carbons (Fsp3) is 0.364. The lowest BCUT2D eigenvalue weighted by Gasteiger charge is -2.32. The summed E-state index contributed by atoms with van der Waals surface area (Å²) >= 11 is 0. The Morgan fingerprint density at radius 3 is 2.45 bits per heavy atom. The molecule has 0 spiro atoms. The first-order valence-electron chi connectivity index (χ1n) is 9.68. The average Bonchev–Trinajstić information content (AvgIpc) is 2.74. The number of carbonyl (C=O) groups is 2. The highest BCUT2D eigenvalue weighted by Gasteiger charge is 2.25. The fourth-order valence-electron chi connectivity index (χ4n) is 3.39. The van der Waals surface area contributed by atoms with Crippen molar-refractivity contribution in [3.05, 3.63) is 59.4 Å². The smallest absolute Gasteiger partial charge is 0.255 e. The van der Waals surface area contributed by atoms with Crippen LogP contribution in [-0.4, -0.2) is 49.6 Å². The standard InChI is InChI=1S/C22H25FN2O4/c1-3-29-18-7-4-15(5-8-18)22(27)25-12-10-17(11-13-25)24-21(26)19-14-16(23)6-9-20(19)28-2/h4-9,14,17H,3,10-13H2,1-2H3,(H,24,26). The van der Waals surface area contributed by atoms with Crippen LogP contribution in [0.3, 0.4) is 0 Å². The minimum Gasteiger partial charge on any atom is -0.496 e. The summed E-state index contributed by atoms with van der Waals surface area (Å²) in [7, 11) is 1.44. The molecule has 1 saturated heterocycles. The van der Waals surface area contributed by atoms with Gasteiger partial charge in [-0.3, -0.25) is 9.59 Å². The molecule has 1 aliphatic heterocycles. The molecule has 2 amide bonds. The molecule has 7 heteroatoms. The zero-order chi connectivity index (χ0) is 20.8. The zero-order valence-electron chi connectivity index (χ0n) is 16.6. The van der Waals surface area contributed by atoms with Gasteiger partial charge in [-0.25, -0.2) is 4.39 Å². The molecule has 2 aromatic carbocycles. The van der Waals surface area contributed by atoms with Crippen molar-refractivity contribution in [2.24, 2.45) is 0 Å². The summed E-state index contributed by atoms with van der Waals surface area (Å²) in [6, 6.07) is 10.9. The van der Waals surface area contributed by atoms with E-state index in [1.165, 1.54) is 25.3 Å². The number of hydrogen-bond donors (Lipinski definition) is 1. The predicted molar refractivity (Wildman–Crippen MR) is 107 cm³/mol. The predicted octanol–water partition coefficient (Wildman–Crippen LogP) is 3.27. The number of likely N-dealkylation sites (tertiary alicyclic amines) is 1. The lowest BCUT2D eigenvalue weighted by Crippen LogP contribution is -2.46. The zero-order valence-corrected chi connectivity index (χ0v) is 16.6. The number of nitrogens with zero attached hydrogens (tertiary/aromatic N) is 1. The van der Waals surface area contributed by atoms with Crippen molar-refractivity contribution in [1.82, 2.24) is 10.2 Å². The van der Waals surface area contributed by atoms with Crippen molar-refractivity contribution in [2.75, 3.05) is 26.8 Å². The van der Waals surface area contributed by atoms with Gasteiger partial charge in [-0.05, 0) is 62.2 Å². The van der Waals surface area contributed by atoms with Gasteiger partial charge in [-0.15, -0.1) is 0 Å². The highest BCUT2D eigenvalue weighted by atomic mass is 19.1. The van der Waals surface area contributed by atoms with E-state index in [0.29, 0.717) is 43.9 Å². The van der Waals surface area contributed by atoms with E-state index in [1.807, 2.05) is 6.92 Å². The van der Waals surface area contributed by atoms with Crippen LogP contribution in [-0.2, 0) is 0 Å². The molecule has 1 N–H and O–H groups in total. The number of halogens is 1. The fourth-order valence-corrected chi connectivity index (χ4v) is 3.39. The molecule has 0 radical (unpaired) electrons. The van der Waals surface area contributed by atoms with Gasteiger partial charge in [-0.2, -0.15) is 0 Å². The summed E-state index contributed by atoms with van der Waals surface area (Å²) in [5.74, 6) is 0.152. The second-order valence-electron chi connectivity index (χ2n) is 6.84. The summed E-state index contributed by atoms with van der Waals surface area (Å²) in [6.45, 7) is 3.56. The van der Waals surface area contributed by atoms with E-state index in [2.05, 4.69) is 5.32 Å². The number of hydrogen-bond acceptors (Lipinski definition) is 4. The van der Waals surface area contributed by atoms with E-state index >= 15 is 0 Å². The molecule has 0 saturated carbocycles. The molecule has 1 heterocycles. The summed E-state index contributed by atoms with van der Waals surface area (Å²) in [4.78, 5) is 27.0. The van der Waals surface area contributed by atoms with E-state index in [9.17, 15) is 14.0 Å². The van der Waals surface area contributed by atoms with Gasteiger partial charge in [0.1, 0.15) is 17.3 Å². The van der Waals surface area contributed by atoms with E-state index in [0.717, 1.165) is 5.75 Å². The second kappa shape index (κ2) is 9.41. The van der Waals surface area contributed by atoms with Crippen LogP contribution in [0.5, 0.6) is 11.5 Å². The molecule has 29 heavy (non-hydrogen) atoms. The number of benzene rings is 2. The normalized spacial score (nSPS) is 14.4. The number of nitrogens with one attached hydrogen (secondary N) is 1. The molecular formula is C22H25FN2O4. The van der Waals surface area contributed by atoms with Gasteiger partial charge in [0.15, 0.2) is 0 Å². The summed E-state index contributed by atoms with van der Waals surface area (Å²) < 4.78 is 24.0. The van der Waals surface area contributed by atoms with E-state index in [1.54, 1.807) is 29.2 Å². The second-order valence-corrected chi connectivity index (χ2v) is 6.84. The maximum Gasteiger partial charge on any atom is 0.255 e. The van der Waals surface area contributed by atoms with Gasteiger partial charge in [0, 0.05) is 24.7 Å². The van der Waals surface area contributed by atoms with Gasteiger partial charge >= 0.3 is 0 Å². The first kappa shape index (κ1) is 20.6. The van der Waals surface area contributed by atoms with Crippen molar-refractivity contribution in [1.29, 1.82) is 0 Å². The van der Waals surface area contributed by atoms with Crippen LogP contribution >= 0.6 is 0 Å². The Balaban J connectivity index is 1.55. The molecule has 6 nitrogen and oxygen atoms in total. The molecule has 154 valence electrons. The lowest BCUT2D eigenvalue weighted by molar-refractivity contribution is 0.0698. The van der Waals surface area contributed by atoms with Gasteiger partial charge in [0.25, 0.3) is 11.8 Å². The largest absolute Gasteiger partial charge is 0.496 e. The highest BCUT2D eigenvalue weighted by Crippen LogP contribution is 2.21. The third-order valence-electron chi connectivity index (χ3n) is 4.94.